The van der Waals surface area contributed by atoms with Crippen molar-refractivity contribution in [2.24, 2.45) is 17.4 Å². The molecule has 1 rings (SSSR count). The Bertz CT molecular complexity index is 245. The maximum absolute atomic E-state index is 11.2. The molecule has 0 aromatic rings. The predicted molar refractivity (Wildman–Crippen MR) is 75.1 cm³/mol. The van der Waals surface area contributed by atoms with Crippen LogP contribution in [0.2, 0.25) is 0 Å². The van der Waals surface area contributed by atoms with Gasteiger partial charge in [-0.25, -0.2) is 0 Å². The summed E-state index contributed by atoms with van der Waals surface area (Å²) < 4.78 is 0. The Morgan fingerprint density at radius 2 is 2.00 bits per heavy atom. The molecule has 1 saturated carbocycles. The number of rotatable bonds is 7. The first kappa shape index (κ1) is 15.4. The summed E-state index contributed by atoms with van der Waals surface area (Å²) in [6.45, 7) is 4.27. The van der Waals surface area contributed by atoms with Crippen molar-refractivity contribution in [1.82, 2.24) is 4.90 Å². The molecule has 0 saturated heterocycles. The molecule has 0 aromatic carbocycles. The van der Waals surface area contributed by atoms with Gasteiger partial charge in [0.25, 0.3) is 0 Å². The SMILES string of the molecule is CCCCN(CC(N)=O)C1CCCCCC1CN. The summed E-state index contributed by atoms with van der Waals surface area (Å²) in [5.41, 5.74) is 11.3. The van der Waals surface area contributed by atoms with Crippen LogP contribution in [0, 0.1) is 5.92 Å². The van der Waals surface area contributed by atoms with Gasteiger partial charge in [-0.2, -0.15) is 0 Å². The van der Waals surface area contributed by atoms with E-state index in [1.165, 1.54) is 32.1 Å². The van der Waals surface area contributed by atoms with E-state index in [4.69, 9.17) is 11.5 Å². The van der Waals surface area contributed by atoms with E-state index in [9.17, 15) is 4.79 Å². The summed E-state index contributed by atoms with van der Waals surface area (Å²) >= 11 is 0. The van der Waals surface area contributed by atoms with Crippen molar-refractivity contribution < 1.29 is 4.79 Å². The van der Waals surface area contributed by atoms with Gasteiger partial charge in [-0.3, -0.25) is 9.69 Å². The fourth-order valence-corrected chi connectivity index (χ4v) is 3.04. The van der Waals surface area contributed by atoms with Gasteiger partial charge in [0.15, 0.2) is 0 Å². The number of primary amides is 1. The topological polar surface area (TPSA) is 72.3 Å². The highest BCUT2D eigenvalue weighted by Crippen LogP contribution is 2.27. The van der Waals surface area contributed by atoms with E-state index in [0.717, 1.165) is 25.9 Å². The molecule has 0 aliphatic heterocycles. The highest BCUT2D eigenvalue weighted by Gasteiger charge is 2.28. The molecule has 4 heteroatoms. The van der Waals surface area contributed by atoms with Gasteiger partial charge >= 0.3 is 0 Å². The number of nitrogens with two attached hydrogens (primary N) is 2. The maximum Gasteiger partial charge on any atom is 0.231 e. The zero-order valence-corrected chi connectivity index (χ0v) is 11.7. The smallest absolute Gasteiger partial charge is 0.231 e. The van der Waals surface area contributed by atoms with Crippen molar-refractivity contribution in [3.63, 3.8) is 0 Å². The second-order valence-corrected chi connectivity index (χ2v) is 5.49. The first-order valence-electron chi connectivity index (χ1n) is 7.41. The summed E-state index contributed by atoms with van der Waals surface area (Å²) in [6, 6.07) is 0.455. The molecule has 4 nitrogen and oxygen atoms in total. The van der Waals surface area contributed by atoms with E-state index < -0.39 is 0 Å². The van der Waals surface area contributed by atoms with Gasteiger partial charge in [0.2, 0.25) is 5.91 Å². The van der Waals surface area contributed by atoms with Crippen molar-refractivity contribution in [3.05, 3.63) is 0 Å². The zero-order chi connectivity index (χ0) is 13.4. The van der Waals surface area contributed by atoms with E-state index in [0.29, 0.717) is 18.5 Å². The molecule has 1 aliphatic carbocycles. The molecule has 0 bridgehead atoms. The van der Waals surface area contributed by atoms with E-state index in [-0.39, 0.29) is 5.91 Å². The third-order valence-corrected chi connectivity index (χ3v) is 4.05. The van der Waals surface area contributed by atoms with Gasteiger partial charge in [-0.15, -0.1) is 0 Å². The molecule has 0 spiro atoms. The van der Waals surface area contributed by atoms with Crippen LogP contribution in [-0.2, 0) is 4.79 Å². The highest BCUT2D eigenvalue weighted by atomic mass is 16.1. The van der Waals surface area contributed by atoms with Gasteiger partial charge in [0.1, 0.15) is 0 Å². The second-order valence-electron chi connectivity index (χ2n) is 5.49. The number of hydrogen-bond donors (Lipinski definition) is 2. The second kappa shape index (κ2) is 8.48. The minimum atomic E-state index is -0.217. The molecule has 18 heavy (non-hydrogen) atoms. The molecule has 2 unspecified atom stereocenters. The third-order valence-electron chi connectivity index (χ3n) is 4.05. The Balaban J connectivity index is 2.68. The molecular formula is C14H29N3O. The van der Waals surface area contributed by atoms with Crippen LogP contribution in [0.1, 0.15) is 51.9 Å². The molecular weight excluding hydrogens is 226 g/mol. The lowest BCUT2D eigenvalue weighted by molar-refractivity contribution is -0.120. The standard InChI is InChI=1S/C14H29N3O/c1-2-3-9-17(11-14(16)18)13-8-6-4-5-7-12(13)10-15/h12-13H,2-11,15H2,1H3,(H2,16,18). The monoisotopic (exact) mass is 255 g/mol. The first-order chi connectivity index (χ1) is 8.69. The summed E-state index contributed by atoms with van der Waals surface area (Å²) in [7, 11) is 0. The minimum Gasteiger partial charge on any atom is -0.369 e. The van der Waals surface area contributed by atoms with E-state index in [1.807, 2.05) is 0 Å². The molecule has 0 radical (unpaired) electrons. The largest absolute Gasteiger partial charge is 0.369 e. The van der Waals surface area contributed by atoms with Crippen LogP contribution in [0.25, 0.3) is 0 Å². The Kier molecular flexibility index (Phi) is 7.28. The number of carbonyl (C=O) groups excluding carboxylic acids is 1. The maximum atomic E-state index is 11.2. The average Bonchev–Trinajstić information content (AvgIpc) is 2.58. The number of carbonyl (C=O) groups is 1. The summed E-state index contributed by atoms with van der Waals surface area (Å²) in [4.78, 5) is 13.5. The zero-order valence-electron chi connectivity index (χ0n) is 11.7. The Labute approximate surface area is 111 Å². The number of hydrogen-bond acceptors (Lipinski definition) is 3. The quantitative estimate of drug-likeness (QED) is 0.677. The summed E-state index contributed by atoms with van der Waals surface area (Å²) in [5, 5.41) is 0. The Morgan fingerprint density at radius 3 is 2.61 bits per heavy atom. The molecule has 0 heterocycles. The molecule has 2 atom stereocenters. The fourth-order valence-electron chi connectivity index (χ4n) is 3.04. The van der Waals surface area contributed by atoms with Crippen LogP contribution in [-0.4, -0.2) is 36.5 Å². The normalized spacial score (nSPS) is 25.1. The molecule has 1 amide bonds. The minimum absolute atomic E-state index is 0.217. The van der Waals surface area contributed by atoms with Crippen LogP contribution < -0.4 is 11.5 Å². The van der Waals surface area contributed by atoms with E-state index >= 15 is 0 Å². The number of unbranched alkanes of at least 4 members (excludes halogenated alkanes) is 1. The van der Waals surface area contributed by atoms with Crippen LogP contribution in [0.15, 0.2) is 0 Å². The molecule has 1 aliphatic rings. The molecule has 106 valence electrons. The van der Waals surface area contributed by atoms with Gasteiger partial charge in [0, 0.05) is 6.04 Å². The van der Waals surface area contributed by atoms with Crippen molar-refractivity contribution in [2.45, 2.75) is 57.9 Å². The highest BCUT2D eigenvalue weighted by molar-refractivity contribution is 5.75. The van der Waals surface area contributed by atoms with Crippen molar-refractivity contribution in [1.29, 1.82) is 0 Å². The van der Waals surface area contributed by atoms with Crippen molar-refractivity contribution >= 4 is 5.91 Å². The fraction of sp³-hybridized carbons (Fsp3) is 0.929. The van der Waals surface area contributed by atoms with E-state index in [1.54, 1.807) is 0 Å². The van der Waals surface area contributed by atoms with Crippen LogP contribution >= 0.6 is 0 Å². The van der Waals surface area contributed by atoms with Crippen molar-refractivity contribution in [2.75, 3.05) is 19.6 Å². The Morgan fingerprint density at radius 1 is 1.28 bits per heavy atom. The van der Waals surface area contributed by atoms with Gasteiger partial charge in [0.05, 0.1) is 6.54 Å². The molecule has 4 N–H and O–H groups in total. The van der Waals surface area contributed by atoms with Crippen LogP contribution in [0.4, 0.5) is 0 Å². The summed E-state index contributed by atoms with van der Waals surface area (Å²) in [6.07, 6.45) is 8.46. The van der Waals surface area contributed by atoms with Gasteiger partial charge in [-0.1, -0.05) is 32.6 Å². The molecule has 0 aromatic heterocycles. The summed E-state index contributed by atoms with van der Waals surface area (Å²) in [5.74, 6) is 0.315. The lowest BCUT2D eigenvalue weighted by Gasteiger charge is -2.35. The van der Waals surface area contributed by atoms with Gasteiger partial charge < -0.3 is 11.5 Å². The average molecular weight is 255 g/mol. The van der Waals surface area contributed by atoms with E-state index in [2.05, 4.69) is 11.8 Å². The first-order valence-corrected chi connectivity index (χ1v) is 7.41. The van der Waals surface area contributed by atoms with Crippen LogP contribution in [0.5, 0.6) is 0 Å². The van der Waals surface area contributed by atoms with Crippen LogP contribution in [0.3, 0.4) is 0 Å². The predicted octanol–water partition coefficient (Wildman–Crippen LogP) is 1.48. The lowest BCUT2D eigenvalue weighted by Crippen LogP contribution is -2.47. The Hall–Kier alpha value is -0.610. The number of amides is 1. The van der Waals surface area contributed by atoms with Crippen molar-refractivity contribution in [3.8, 4) is 0 Å². The van der Waals surface area contributed by atoms with Gasteiger partial charge in [-0.05, 0) is 38.3 Å². The number of nitrogens with zero attached hydrogens (tertiary/aromatic N) is 1. The lowest BCUT2D eigenvalue weighted by atomic mass is 9.93. The molecule has 1 fully saturated rings. The third kappa shape index (κ3) is 4.94.